The number of hydrogen-bond donors (Lipinski definition) is 1. The lowest BCUT2D eigenvalue weighted by atomic mass is 9.98. The van der Waals surface area contributed by atoms with E-state index in [1.807, 2.05) is 0 Å². The molecule has 0 radical (unpaired) electrons. The van der Waals surface area contributed by atoms with Crippen molar-refractivity contribution in [1.82, 2.24) is 0 Å². The van der Waals surface area contributed by atoms with Gasteiger partial charge in [-0.25, -0.2) is 0 Å². The molecule has 0 spiro atoms. The molecule has 0 aliphatic heterocycles. The third-order valence-corrected chi connectivity index (χ3v) is 3.75. The molecule has 0 unspecified atom stereocenters. The minimum absolute atomic E-state index is 0.125. The average Bonchev–Trinajstić information content (AvgIpc) is 2.29. The predicted molar refractivity (Wildman–Crippen MR) is 67.2 cm³/mol. The molecular weight excluding hydrogens is 240 g/mol. The number of aliphatic carboxylic acids is 1. The Kier molecular flexibility index (Phi) is 7.08. The lowest BCUT2D eigenvalue weighted by Crippen LogP contribution is -2.21. The van der Waals surface area contributed by atoms with E-state index >= 15 is 0 Å². The van der Waals surface area contributed by atoms with Gasteiger partial charge >= 0.3 is 11.9 Å². The second kappa shape index (κ2) is 8.39. The van der Waals surface area contributed by atoms with Crippen LogP contribution in [0.5, 0.6) is 0 Å². The van der Waals surface area contributed by atoms with Gasteiger partial charge in [0.25, 0.3) is 0 Å². The Morgan fingerprint density at radius 3 is 2.41 bits per heavy atom. The molecule has 0 atom stereocenters. The molecule has 1 aliphatic rings. The van der Waals surface area contributed by atoms with E-state index in [1.54, 1.807) is 0 Å². The topological polar surface area (TPSA) is 63.6 Å². The number of carboxylic acid groups (broad SMARTS) is 1. The van der Waals surface area contributed by atoms with Crippen molar-refractivity contribution < 1.29 is 19.4 Å². The Morgan fingerprint density at radius 1 is 1.12 bits per heavy atom. The number of rotatable bonds is 7. The van der Waals surface area contributed by atoms with Gasteiger partial charge in [-0.3, -0.25) is 9.59 Å². The first-order chi connectivity index (χ1) is 8.18. The maximum absolute atomic E-state index is 11.5. The summed E-state index contributed by atoms with van der Waals surface area (Å²) in [6.45, 7) is 0. The van der Waals surface area contributed by atoms with E-state index in [1.165, 1.54) is 18.2 Å². The lowest BCUT2D eigenvalue weighted by Gasteiger charge is -2.21. The highest BCUT2D eigenvalue weighted by molar-refractivity contribution is 7.99. The van der Waals surface area contributed by atoms with Gasteiger partial charge in [0, 0.05) is 11.5 Å². The summed E-state index contributed by atoms with van der Waals surface area (Å²) in [5, 5.41) is 8.43. The molecule has 0 aromatic heterocycles. The van der Waals surface area contributed by atoms with Crippen molar-refractivity contribution in [2.24, 2.45) is 0 Å². The van der Waals surface area contributed by atoms with E-state index in [9.17, 15) is 9.59 Å². The average molecular weight is 260 g/mol. The first-order valence-corrected chi connectivity index (χ1v) is 7.33. The van der Waals surface area contributed by atoms with Gasteiger partial charge in [-0.1, -0.05) is 6.42 Å². The van der Waals surface area contributed by atoms with Crippen LogP contribution in [0, 0.1) is 0 Å². The van der Waals surface area contributed by atoms with Crippen LogP contribution in [-0.2, 0) is 14.3 Å². The van der Waals surface area contributed by atoms with E-state index in [0.29, 0.717) is 17.9 Å². The number of esters is 1. The van der Waals surface area contributed by atoms with Gasteiger partial charge < -0.3 is 9.84 Å². The molecule has 1 N–H and O–H groups in total. The number of ether oxygens (including phenoxy) is 1. The van der Waals surface area contributed by atoms with Crippen molar-refractivity contribution in [2.75, 3.05) is 11.5 Å². The number of carbonyl (C=O) groups excluding carboxylic acids is 1. The minimum Gasteiger partial charge on any atom is -0.481 e. The molecule has 98 valence electrons. The third-order valence-electron chi connectivity index (χ3n) is 2.76. The van der Waals surface area contributed by atoms with Crippen molar-refractivity contribution in [1.29, 1.82) is 0 Å². The van der Waals surface area contributed by atoms with Gasteiger partial charge in [-0.15, -0.1) is 0 Å². The number of hydrogen-bond acceptors (Lipinski definition) is 4. The fraction of sp³-hybridized carbons (Fsp3) is 0.833. The van der Waals surface area contributed by atoms with Crippen LogP contribution in [0.4, 0.5) is 0 Å². The van der Waals surface area contributed by atoms with Gasteiger partial charge in [0.05, 0.1) is 12.8 Å². The van der Waals surface area contributed by atoms with E-state index in [4.69, 9.17) is 9.84 Å². The zero-order valence-corrected chi connectivity index (χ0v) is 10.8. The lowest BCUT2D eigenvalue weighted by molar-refractivity contribution is -0.150. The summed E-state index contributed by atoms with van der Waals surface area (Å²) in [5.41, 5.74) is 0. The quantitative estimate of drug-likeness (QED) is 0.562. The Bertz CT molecular complexity index is 249. The van der Waals surface area contributed by atoms with Gasteiger partial charge in [0.1, 0.15) is 6.10 Å². The first-order valence-electron chi connectivity index (χ1n) is 6.17. The standard InChI is InChI=1S/C12H20O4S/c13-11(14)6-8-17-9-7-12(15)16-10-4-2-1-3-5-10/h10H,1-9H2,(H,13,14). The van der Waals surface area contributed by atoms with E-state index < -0.39 is 5.97 Å². The highest BCUT2D eigenvalue weighted by atomic mass is 32.2. The Hall–Kier alpha value is -0.710. The Labute approximate surface area is 106 Å². The van der Waals surface area contributed by atoms with Gasteiger partial charge in [0.15, 0.2) is 0 Å². The molecule has 0 amide bonds. The molecule has 1 rings (SSSR count). The summed E-state index contributed by atoms with van der Waals surface area (Å²) in [5.74, 6) is 0.284. The summed E-state index contributed by atoms with van der Waals surface area (Å²) in [6.07, 6.45) is 6.23. The van der Waals surface area contributed by atoms with Gasteiger partial charge in [0.2, 0.25) is 0 Å². The van der Waals surface area contributed by atoms with Crippen LogP contribution in [0.25, 0.3) is 0 Å². The summed E-state index contributed by atoms with van der Waals surface area (Å²) >= 11 is 1.49. The normalized spacial score (nSPS) is 16.7. The Morgan fingerprint density at radius 2 is 1.76 bits per heavy atom. The van der Waals surface area contributed by atoms with Crippen molar-refractivity contribution in [3.05, 3.63) is 0 Å². The summed E-state index contributed by atoms with van der Waals surface area (Å²) < 4.78 is 5.35. The monoisotopic (exact) mass is 260 g/mol. The maximum Gasteiger partial charge on any atom is 0.306 e. The molecule has 0 bridgehead atoms. The van der Waals surface area contributed by atoms with E-state index in [2.05, 4.69) is 0 Å². The van der Waals surface area contributed by atoms with Crippen molar-refractivity contribution in [3.63, 3.8) is 0 Å². The zero-order valence-electron chi connectivity index (χ0n) is 10.0. The molecule has 1 saturated carbocycles. The molecule has 0 aromatic rings. The molecule has 17 heavy (non-hydrogen) atoms. The van der Waals surface area contributed by atoms with Crippen LogP contribution in [-0.4, -0.2) is 34.7 Å². The van der Waals surface area contributed by atoms with Crippen LogP contribution in [0.1, 0.15) is 44.9 Å². The fourth-order valence-electron chi connectivity index (χ4n) is 1.84. The molecule has 5 heteroatoms. The summed E-state index contributed by atoms with van der Waals surface area (Å²) in [6, 6.07) is 0. The van der Waals surface area contributed by atoms with Crippen LogP contribution in [0.2, 0.25) is 0 Å². The molecule has 0 saturated heterocycles. The fourth-order valence-corrected chi connectivity index (χ4v) is 2.68. The first kappa shape index (κ1) is 14.4. The van der Waals surface area contributed by atoms with Crippen molar-refractivity contribution in [2.45, 2.75) is 51.0 Å². The van der Waals surface area contributed by atoms with Crippen LogP contribution in [0.15, 0.2) is 0 Å². The zero-order chi connectivity index (χ0) is 12.5. The largest absolute Gasteiger partial charge is 0.481 e. The summed E-state index contributed by atoms with van der Waals surface area (Å²) in [4.78, 5) is 21.7. The molecule has 0 heterocycles. The molecule has 1 aliphatic carbocycles. The van der Waals surface area contributed by atoms with E-state index in [0.717, 1.165) is 25.7 Å². The molecule has 4 nitrogen and oxygen atoms in total. The highest BCUT2D eigenvalue weighted by Gasteiger charge is 2.17. The predicted octanol–water partition coefficient (Wildman–Crippen LogP) is 2.46. The number of thioether (sulfide) groups is 1. The number of carbonyl (C=O) groups is 2. The number of carboxylic acids is 1. The minimum atomic E-state index is -0.790. The van der Waals surface area contributed by atoms with Gasteiger partial charge in [-0.2, -0.15) is 11.8 Å². The molecular formula is C12H20O4S. The third kappa shape index (κ3) is 7.26. The van der Waals surface area contributed by atoms with E-state index in [-0.39, 0.29) is 18.5 Å². The van der Waals surface area contributed by atoms with Crippen LogP contribution in [0.3, 0.4) is 0 Å². The molecule has 0 aromatic carbocycles. The molecule has 1 fully saturated rings. The van der Waals surface area contributed by atoms with Gasteiger partial charge in [-0.05, 0) is 25.7 Å². The maximum atomic E-state index is 11.5. The highest BCUT2D eigenvalue weighted by Crippen LogP contribution is 2.20. The smallest absolute Gasteiger partial charge is 0.306 e. The van der Waals surface area contributed by atoms with Crippen LogP contribution < -0.4 is 0 Å². The van der Waals surface area contributed by atoms with Crippen LogP contribution >= 0.6 is 11.8 Å². The van der Waals surface area contributed by atoms with Crippen molar-refractivity contribution >= 4 is 23.7 Å². The second-order valence-corrected chi connectivity index (χ2v) is 5.48. The Balaban J connectivity index is 1.98. The van der Waals surface area contributed by atoms with Crippen molar-refractivity contribution in [3.8, 4) is 0 Å². The second-order valence-electron chi connectivity index (χ2n) is 4.26. The SMILES string of the molecule is O=C(O)CCSCCC(=O)OC1CCCCC1. The summed E-state index contributed by atoms with van der Waals surface area (Å²) in [7, 11) is 0.